The summed E-state index contributed by atoms with van der Waals surface area (Å²) in [6.45, 7) is 2.51. The molecule has 0 radical (unpaired) electrons. The Morgan fingerprint density at radius 1 is 1.00 bits per heavy atom. The molecular weight excluding hydrogens is 378 g/mol. The second-order valence-electron chi connectivity index (χ2n) is 6.51. The molecule has 150 valence electrons. The van der Waals surface area contributed by atoms with E-state index in [-0.39, 0.29) is 5.91 Å². The van der Waals surface area contributed by atoms with E-state index >= 15 is 0 Å². The first-order valence-electron chi connectivity index (χ1n) is 9.62. The van der Waals surface area contributed by atoms with Crippen LogP contribution in [0.25, 0.3) is 6.08 Å². The Hall–Kier alpha value is -3.93. The number of hydrogen-bond acceptors (Lipinski definition) is 5. The molecule has 0 atom stereocenters. The van der Waals surface area contributed by atoms with Crippen molar-refractivity contribution in [3.8, 4) is 11.5 Å². The maximum Gasteiger partial charge on any atom is 0.282 e. The predicted molar refractivity (Wildman–Crippen MR) is 117 cm³/mol. The summed E-state index contributed by atoms with van der Waals surface area (Å²) in [4.78, 5) is 23.7. The van der Waals surface area contributed by atoms with E-state index in [1.54, 1.807) is 30.5 Å². The molecule has 0 bridgehead atoms. The van der Waals surface area contributed by atoms with Crippen LogP contribution in [-0.2, 0) is 4.79 Å². The molecule has 1 amide bonds. The Kier molecular flexibility index (Phi) is 5.57. The lowest BCUT2D eigenvalue weighted by atomic mass is 10.1. The van der Waals surface area contributed by atoms with Gasteiger partial charge in [0.1, 0.15) is 17.2 Å². The molecule has 2 heterocycles. The minimum absolute atomic E-state index is 0.211. The standard InChI is InChI=1S/C24H21N3O3/c1-3-30-19-10-8-18(9-11-19)27-23(20-6-4-5-7-22(20)29-2)26-21(24(27)28)16-17-12-14-25-15-13-17/h4-16H,3H2,1-2H3/b21-16+. The largest absolute Gasteiger partial charge is 0.496 e. The summed E-state index contributed by atoms with van der Waals surface area (Å²) in [5.41, 5.74) is 2.63. The van der Waals surface area contributed by atoms with E-state index in [9.17, 15) is 4.79 Å². The van der Waals surface area contributed by atoms with Gasteiger partial charge in [0.2, 0.25) is 0 Å². The average Bonchev–Trinajstić information content (AvgIpc) is 3.11. The highest BCUT2D eigenvalue weighted by Gasteiger charge is 2.33. The summed E-state index contributed by atoms with van der Waals surface area (Å²) in [5, 5.41) is 0. The van der Waals surface area contributed by atoms with Crippen LogP contribution >= 0.6 is 0 Å². The van der Waals surface area contributed by atoms with Crippen molar-refractivity contribution in [2.45, 2.75) is 6.92 Å². The second-order valence-corrected chi connectivity index (χ2v) is 6.51. The Balaban J connectivity index is 1.81. The van der Waals surface area contributed by atoms with Crippen molar-refractivity contribution in [3.63, 3.8) is 0 Å². The minimum Gasteiger partial charge on any atom is -0.496 e. The van der Waals surface area contributed by atoms with Gasteiger partial charge in [0, 0.05) is 12.4 Å². The van der Waals surface area contributed by atoms with E-state index in [0.717, 1.165) is 16.9 Å². The number of carbonyl (C=O) groups excluding carboxylic acids is 1. The van der Waals surface area contributed by atoms with Crippen molar-refractivity contribution < 1.29 is 14.3 Å². The van der Waals surface area contributed by atoms with E-state index in [1.165, 1.54) is 0 Å². The Morgan fingerprint density at radius 2 is 1.73 bits per heavy atom. The van der Waals surface area contributed by atoms with Gasteiger partial charge in [0.05, 0.1) is 25.0 Å². The number of aromatic nitrogens is 1. The number of amides is 1. The molecule has 0 aliphatic carbocycles. The van der Waals surface area contributed by atoms with Gasteiger partial charge >= 0.3 is 0 Å². The molecule has 6 nitrogen and oxygen atoms in total. The van der Waals surface area contributed by atoms with Crippen molar-refractivity contribution in [2.24, 2.45) is 4.99 Å². The number of nitrogens with zero attached hydrogens (tertiary/aromatic N) is 3. The summed E-state index contributed by atoms with van der Waals surface area (Å²) in [6.07, 6.45) is 5.12. The molecule has 0 saturated carbocycles. The second kappa shape index (κ2) is 8.61. The van der Waals surface area contributed by atoms with Crippen LogP contribution in [0, 0.1) is 0 Å². The molecule has 1 aliphatic heterocycles. The van der Waals surface area contributed by atoms with Gasteiger partial charge in [-0.2, -0.15) is 0 Å². The van der Waals surface area contributed by atoms with E-state index < -0.39 is 0 Å². The Labute approximate surface area is 175 Å². The van der Waals surface area contributed by atoms with E-state index in [0.29, 0.717) is 29.6 Å². The molecule has 0 fully saturated rings. The third-order valence-electron chi connectivity index (χ3n) is 4.62. The highest BCUT2D eigenvalue weighted by Crippen LogP contribution is 2.32. The van der Waals surface area contributed by atoms with Crippen LogP contribution in [0.3, 0.4) is 0 Å². The summed E-state index contributed by atoms with van der Waals surface area (Å²) >= 11 is 0. The smallest absolute Gasteiger partial charge is 0.282 e. The lowest BCUT2D eigenvalue weighted by Crippen LogP contribution is -2.32. The third-order valence-corrected chi connectivity index (χ3v) is 4.62. The summed E-state index contributed by atoms with van der Waals surface area (Å²) in [7, 11) is 1.60. The molecule has 30 heavy (non-hydrogen) atoms. The van der Waals surface area contributed by atoms with Gasteiger partial charge in [-0.05, 0) is 67.1 Å². The zero-order chi connectivity index (χ0) is 20.9. The van der Waals surface area contributed by atoms with E-state index in [2.05, 4.69) is 9.98 Å². The molecule has 1 aliphatic rings. The van der Waals surface area contributed by atoms with E-state index in [1.807, 2.05) is 67.6 Å². The number of rotatable bonds is 6. The number of hydrogen-bond donors (Lipinski definition) is 0. The highest BCUT2D eigenvalue weighted by molar-refractivity contribution is 6.33. The average molecular weight is 399 g/mol. The fourth-order valence-electron chi connectivity index (χ4n) is 3.24. The number of pyridine rings is 1. The zero-order valence-corrected chi connectivity index (χ0v) is 16.8. The topological polar surface area (TPSA) is 64.0 Å². The molecule has 0 saturated heterocycles. The van der Waals surface area contributed by atoms with Crippen molar-refractivity contribution in [1.29, 1.82) is 0 Å². The van der Waals surface area contributed by atoms with Gasteiger partial charge in [0.15, 0.2) is 5.84 Å². The molecule has 2 aromatic carbocycles. The minimum atomic E-state index is -0.211. The first-order chi connectivity index (χ1) is 14.7. The molecule has 6 heteroatoms. The number of amidine groups is 1. The van der Waals surface area contributed by atoms with Gasteiger partial charge in [-0.3, -0.25) is 14.7 Å². The monoisotopic (exact) mass is 399 g/mol. The van der Waals surface area contributed by atoms with Crippen molar-refractivity contribution in [2.75, 3.05) is 18.6 Å². The molecule has 4 rings (SSSR count). The number of ether oxygens (including phenoxy) is 2. The lowest BCUT2D eigenvalue weighted by molar-refractivity contribution is -0.113. The Morgan fingerprint density at radius 3 is 2.43 bits per heavy atom. The number of para-hydroxylation sites is 1. The number of aliphatic imine (C=N–C) groups is 1. The lowest BCUT2D eigenvalue weighted by Gasteiger charge is -2.20. The van der Waals surface area contributed by atoms with Gasteiger partial charge in [-0.25, -0.2) is 4.99 Å². The zero-order valence-electron chi connectivity index (χ0n) is 16.8. The van der Waals surface area contributed by atoms with Crippen LogP contribution < -0.4 is 14.4 Å². The van der Waals surface area contributed by atoms with Crippen molar-refractivity contribution in [3.05, 3.63) is 89.9 Å². The summed E-state index contributed by atoms with van der Waals surface area (Å²) in [5.74, 6) is 1.69. The van der Waals surface area contributed by atoms with Gasteiger partial charge in [-0.1, -0.05) is 12.1 Å². The summed E-state index contributed by atoms with van der Waals surface area (Å²) < 4.78 is 11.0. The Bertz CT molecular complexity index is 1110. The first-order valence-corrected chi connectivity index (χ1v) is 9.62. The van der Waals surface area contributed by atoms with Crippen LogP contribution in [0.2, 0.25) is 0 Å². The number of methoxy groups -OCH3 is 1. The number of carbonyl (C=O) groups is 1. The summed E-state index contributed by atoms with van der Waals surface area (Å²) in [6, 6.07) is 18.6. The fourth-order valence-corrected chi connectivity index (χ4v) is 3.24. The van der Waals surface area contributed by atoms with Crippen LogP contribution in [0.1, 0.15) is 18.1 Å². The predicted octanol–water partition coefficient (Wildman–Crippen LogP) is 4.32. The number of benzene rings is 2. The third kappa shape index (κ3) is 3.80. The molecule has 0 N–H and O–H groups in total. The van der Waals surface area contributed by atoms with Crippen molar-refractivity contribution in [1.82, 2.24) is 4.98 Å². The van der Waals surface area contributed by atoms with Crippen LogP contribution in [0.5, 0.6) is 11.5 Å². The molecule has 1 aromatic heterocycles. The quantitative estimate of drug-likeness (QED) is 0.579. The van der Waals surface area contributed by atoms with Crippen LogP contribution in [-0.4, -0.2) is 30.4 Å². The van der Waals surface area contributed by atoms with Gasteiger partial charge < -0.3 is 9.47 Å². The normalized spacial score (nSPS) is 14.7. The first kappa shape index (κ1) is 19.4. The highest BCUT2D eigenvalue weighted by atomic mass is 16.5. The van der Waals surface area contributed by atoms with Gasteiger partial charge in [0.25, 0.3) is 5.91 Å². The fraction of sp³-hybridized carbons (Fsp3) is 0.125. The molecular formula is C24H21N3O3. The maximum atomic E-state index is 13.4. The SMILES string of the molecule is CCOc1ccc(N2C(=O)/C(=C\c3ccncc3)N=C2c2ccccc2OC)cc1. The van der Waals surface area contributed by atoms with Crippen LogP contribution in [0.15, 0.2) is 83.7 Å². The molecule has 3 aromatic rings. The molecule has 0 spiro atoms. The van der Waals surface area contributed by atoms with E-state index in [4.69, 9.17) is 9.47 Å². The van der Waals surface area contributed by atoms with Crippen molar-refractivity contribution >= 4 is 23.5 Å². The molecule has 0 unspecified atom stereocenters. The van der Waals surface area contributed by atoms with Crippen LogP contribution in [0.4, 0.5) is 5.69 Å². The maximum absolute atomic E-state index is 13.4. The van der Waals surface area contributed by atoms with Gasteiger partial charge in [-0.15, -0.1) is 0 Å². The number of anilines is 1.